The summed E-state index contributed by atoms with van der Waals surface area (Å²) in [6.45, 7) is 5.11. The molecule has 2 aromatic rings. The van der Waals surface area contributed by atoms with E-state index in [0.29, 0.717) is 5.75 Å². The van der Waals surface area contributed by atoms with Gasteiger partial charge >= 0.3 is 0 Å². The molecule has 31 heavy (non-hydrogen) atoms. The molecule has 0 spiro atoms. The van der Waals surface area contributed by atoms with E-state index in [4.69, 9.17) is 0 Å². The molecule has 2 aromatic carbocycles. The largest absolute Gasteiger partial charge is 0.344 e. The summed E-state index contributed by atoms with van der Waals surface area (Å²) in [5, 5.41) is 3.25. The number of nitrogens with one attached hydrogen (secondary N) is 1. The van der Waals surface area contributed by atoms with Crippen molar-refractivity contribution in [2.75, 3.05) is 37.7 Å². The Hall–Kier alpha value is -2.22. The van der Waals surface area contributed by atoms with E-state index in [1.807, 2.05) is 67.6 Å². The number of hydrogen-bond acceptors (Lipinski definition) is 5. The zero-order chi connectivity index (χ0) is 21.8. The molecule has 166 valence electrons. The van der Waals surface area contributed by atoms with Gasteiger partial charge in [0.2, 0.25) is 5.91 Å². The molecule has 1 amide bonds. The summed E-state index contributed by atoms with van der Waals surface area (Å²) in [6, 6.07) is 19.8. The van der Waals surface area contributed by atoms with Gasteiger partial charge in [-0.2, -0.15) is 0 Å². The topological polar surface area (TPSA) is 69.7 Å². The lowest BCUT2D eigenvalue weighted by molar-refractivity contribution is -0.127. The molecule has 0 bridgehead atoms. The first kappa shape index (κ1) is 22.0. The van der Waals surface area contributed by atoms with Crippen LogP contribution < -0.4 is 5.32 Å². The number of piperazine rings is 1. The van der Waals surface area contributed by atoms with Crippen LogP contribution in [0.25, 0.3) is 0 Å². The normalized spacial score (nSPS) is 23.0. The molecule has 2 saturated heterocycles. The monoisotopic (exact) mass is 441 g/mol. The van der Waals surface area contributed by atoms with Gasteiger partial charge in [-0.1, -0.05) is 60.7 Å². The Balaban J connectivity index is 1.38. The molecule has 2 heterocycles. The van der Waals surface area contributed by atoms with E-state index in [9.17, 15) is 13.2 Å². The van der Waals surface area contributed by atoms with Crippen molar-refractivity contribution in [3.8, 4) is 0 Å². The summed E-state index contributed by atoms with van der Waals surface area (Å²) in [5.74, 6) is 0.588. The molecule has 7 heteroatoms. The Morgan fingerprint density at radius 2 is 1.48 bits per heavy atom. The lowest BCUT2D eigenvalue weighted by Crippen LogP contribution is -2.56. The van der Waals surface area contributed by atoms with Crippen molar-refractivity contribution in [2.45, 2.75) is 31.5 Å². The van der Waals surface area contributed by atoms with Crippen LogP contribution in [0.4, 0.5) is 0 Å². The fraction of sp³-hybridized carbons (Fsp3) is 0.458. The first-order chi connectivity index (χ1) is 14.9. The average Bonchev–Trinajstić information content (AvgIpc) is 3.17. The Bertz CT molecular complexity index is 934. The van der Waals surface area contributed by atoms with Crippen molar-refractivity contribution >= 4 is 15.7 Å². The van der Waals surface area contributed by atoms with E-state index in [0.717, 1.165) is 43.7 Å². The summed E-state index contributed by atoms with van der Waals surface area (Å²) in [5.41, 5.74) is 2.11. The number of nitrogens with zero attached hydrogens (tertiary/aromatic N) is 2. The summed E-state index contributed by atoms with van der Waals surface area (Å²) < 4.78 is 23.6. The van der Waals surface area contributed by atoms with E-state index < -0.39 is 9.84 Å². The van der Waals surface area contributed by atoms with Gasteiger partial charge in [0.25, 0.3) is 0 Å². The predicted molar refractivity (Wildman–Crippen MR) is 123 cm³/mol. The fourth-order valence-electron chi connectivity index (χ4n) is 4.63. The number of carbonyl (C=O) groups excluding carboxylic acids is 1. The highest BCUT2D eigenvalue weighted by Gasteiger charge is 2.35. The summed E-state index contributed by atoms with van der Waals surface area (Å²) in [6.07, 6.45) is 0.730. The van der Waals surface area contributed by atoms with Crippen LogP contribution >= 0.6 is 0 Å². The molecule has 1 N–H and O–H groups in total. The molecule has 0 saturated carbocycles. The van der Waals surface area contributed by atoms with Gasteiger partial charge in [-0.3, -0.25) is 14.6 Å². The highest BCUT2D eigenvalue weighted by atomic mass is 32.2. The Kier molecular flexibility index (Phi) is 6.74. The first-order valence-electron chi connectivity index (χ1n) is 11.0. The number of sulfone groups is 1. The zero-order valence-corrected chi connectivity index (χ0v) is 18.8. The maximum Gasteiger partial charge on any atom is 0.237 e. The van der Waals surface area contributed by atoms with Gasteiger partial charge in [-0.15, -0.1) is 0 Å². The minimum Gasteiger partial charge on any atom is -0.344 e. The Morgan fingerprint density at radius 3 is 1.97 bits per heavy atom. The highest BCUT2D eigenvalue weighted by molar-refractivity contribution is 7.91. The van der Waals surface area contributed by atoms with E-state index in [1.54, 1.807) is 0 Å². The number of carbonyl (C=O) groups is 1. The number of rotatable bonds is 6. The predicted octanol–water partition coefficient (Wildman–Crippen LogP) is 2.09. The van der Waals surface area contributed by atoms with Crippen LogP contribution in [0.15, 0.2) is 60.7 Å². The zero-order valence-electron chi connectivity index (χ0n) is 18.0. The Morgan fingerprint density at radius 1 is 0.935 bits per heavy atom. The second-order valence-electron chi connectivity index (χ2n) is 8.57. The lowest BCUT2D eigenvalue weighted by atomic mass is 9.98. The Labute approximate surface area is 185 Å². The van der Waals surface area contributed by atoms with Gasteiger partial charge in [-0.05, 0) is 24.5 Å². The van der Waals surface area contributed by atoms with Crippen LogP contribution in [0, 0.1) is 0 Å². The minimum atomic E-state index is -2.87. The molecule has 2 fully saturated rings. The maximum atomic E-state index is 13.2. The molecule has 4 rings (SSSR count). The van der Waals surface area contributed by atoms with Crippen LogP contribution in [0.5, 0.6) is 0 Å². The molecule has 0 unspecified atom stereocenters. The third-order valence-corrected chi connectivity index (χ3v) is 8.30. The SMILES string of the molecule is C[C@@H](C(=O)NC(c1ccccc1)c1ccccc1)N1CCN([C@H]2CCS(=O)(=O)C2)CC1. The van der Waals surface area contributed by atoms with Gasteiger partial charge in [0.1, 0.15) is 0 Å². The molecule has 6 nitrogen and oxygen atoms in total. The fourth-order valence-corrected chi connectivity index (χ4v) is 6.39. The van der Waals surface area contributed by atoms with E-state index in [-0.39, 0.29) is 29.8 Å². The van der Waals surface area contributed by atoms with E-state index >= 15 is 0 Å². The molecule has 2 aliphatic heterocycles. The molecule has 0 aliphatic carbocycles. The van der Waals surface area contributed by atoms with Crippen molar-refractivity contribution in [3.63, 3.8) is 0 Å². The van der Waals surface area contributed by atoms with Crippen LogP contribution in [-0.2, 0) is 14.6 Å². The van der Waals surface area contributed by atoms with Crippen LogP contribution in [-0.4, -0.2) is 73.9 Å². The summed E-state index contributed by atoms with van der Waals surface area (Å²) >= 11 is 0. The van der Waals surface area contributed by atoms with Gasteiger partial charge in [-0.25, -0.2) is 8.42 Å². The number of amides is 1. The van der Waals surface area contributed by atoms with Gasteiger partial charge in [0, 0.05) is 32.2 Å². The molecular weight excluding hydrogens is 410 g/mol. The van der Waals surface area contributed by atoms with Crippen LogP contribution in [0.2, 0.25) is 0 Å². The van der Waals surface area contributed by atoms with Crippen molar-refractivity contribution < 1.29 is 13.2 Å². The first-order valence-corrected chi connectivity index (χ1v) is 12.8. The highest BCUT2D eigenvalue weighted by Crippen LogP contribution is 2.23. The van der Waals surface area contributed by atoms with Crippen LogP contribution in [0.3, 0.4) is 0 Å². The third-order valence-electron chi connectivity index (χ3n) is 6.55. The lowest BCUT2D eigenvalue weighted by Gasteiger charge is -2.40. The summed E-state index contributed by atoms with van der Waals surface area (Å²) in [7, 11) is -2.87. The average molecular weight is 442 g/mol. The van der Waals surface area contributed by atoms with Gasteiger partial charge in [0.15, 0.2) is 9.84 Å². The smallest absolute Gasteiger partial charge is 0.237 e. The second-order valence-corrected chi connectivity index (χ2v) is 10.8. The van der Waals surface area contributed by atoms with Crippen molar-refractivity contribution in [1.29, 1.82) is 0 Å². The molecule has 0 aromatic heterocycles. The maximum absolute atomic E-state index is 13.2. The van der Waals surface area contributed by atoms with Gasteiger partial charge < -0.3 is 5.32 Å². The molecule has 0 radical (unpaired) electrons. The molecular formula is C24H31N3O3S. The summed E-state index contributed by atoms with van der Waals surface area (Å²) in [4.78, 5) is 17.7. The van der Waals surface area contributed by atoms with Crippen LogP contribution in [0.1, 0.15) is 30.5 Å². The van der Waals surface area contributed by atoms with Crippen molar-refractivity contribution in [2.24, 2.45) is 0 Å². The third kappa shape index (κ3) is 5.34. The quantitative estimate of drug-likeness (QED) is 0.743. The minimum absolute atomic E-state index is 0.00889. The number of benzene rings is 2. The molecule has 2 atom stereocenters. The van der Waals surface area contributed by atoms with Crippen molar-refractivity contribution in [1.82, 2.24) is 15.1 Å². The van der Waals surface area contributed by atoms with E-state index in [2.05, 4.69) is 15.1 Å². The molecule has 2 aliphatic rings. The number of hydrogen-bond donors (Lipinski definition) is 1. The van der Waals surface area contributed by atoms with Crippen molar-refractivity contribution in [3.05, 3.63) is 71.8 Å². The second kappa shape index (κ2) is 9.51. The van der Waals surface area contributed by atoms with Gasteiger partial charge in [0.05, 0.1) is 23.6 Å². The van der Waals surface area contributed by atoms with E-state index in [1.165, 1.54) is 0 Å². The standard InChI is InChI=1S/C24H31N3O3S/c1-19(26-13-15-27(16-14-26)22-12-17-31(29,30)18-22)24(28)25-23(20-8-4-2-5-9-20)21-10-6-3-7-11-21/h2-11,19,22-23H,12-18H2,1H3,(H,25,28)/t19-,22-/m0/s1.